The highest BCUT2D eigenvalue weighted by atomic mass is 32.2. The molecule has 0 aliphatic rings. The zero-order valence-electron chi connectivity index (χ0n) is 6.07. The van der Waals surface area contributed by atoms with Gasteiger partial charge in [-0.2, -0.15) is 8.42 Å². The molecule has 0 spiro atoms. The van der Waals surface area contributed by atoms with Gasteiger partial charge in [-0.25, -0.2) is 0 Å². The maximum atomic E-state index is 10.7. The molecule has 62 valence electrons. The predicted octanol–water partition coefficient (Wildman–Crippen LogP) is -0.266. The van der Waals surface area contributed by atoms with Crippen molar-refractivity contribution in [3.8, 4) is 0 Å². The summed E-state index contributed by atoms with van der Waals surface area (Å²) in [6.45, 7) is 3.10. The summed E-state index contributed by atoms with van der Waals surface area (Å²) in [6.07, 6.45) is -0.864. The third kappa shape index (κ3) is 4.72. The van der Waals surface area contributed by atoms with E-state index in [0.29, 0.717) is 0 Å². The Bertz CT molecular complexity index is 170. The molecular weight excluding hydrogens is 156 g/mol. The standard InChI is InChI=1S/C5H12O4S/c1-3-9-10(7,8)4-5(2)6/h5-6H,3-4H2,1-2H3. The largest absolute Gasteiger partial charge is 0.392 e. The second-order valence-electron chi connectivity index (χ2n) is 1.98. The van der Waals surface area contributed by atoms with Crippen LogP contribution in [-0.4, -0.2) is 32.0 Å². The maximum absolute atomic E-state index is 10.7. The van der Waals surface area contributed by atoms with Crippen molar-refractivity contribution in [3.63, 3.8) is 0 Å². The molecule has 10 heavy (non-hydrogen) atoms. The van der Waals surface area contributed by atoms with Gasteiger partial charge in [0.05, 0.1) is 12.7 Å². The van der Waals surface area contributed by atoms with Gasteiger partial charge in [0, 0.05) is 0 Å². The minimum atomic E-state index is -3.48. The van der Waals surface area contributed by atoms with Gasteiger partial charge in [0.15, 0.2) is 0 Å². The van der Waals surface area contributed by atoms with Crippen molar-refractivity contribution in [3.05, 3.63) is 0 Å². The quantitative estimate of drug-likeness (QED) is 0.587. The molecule has 0 fully saturated rings. The van der Waals surface area contributed by atoms with Gasteiger partial charge < -0.3 is 5.11 Å². The Morgan fingerprint density at radius 2 is 2.10 bits per heavy atom. The smallest absolute Gasteiger partial charge is 0.269 e. The van der Waals surface area contributed by atoms with Crippen LogP contribution in [0.2, 0.25) is 0 Å². The Kier molecular flexibility index (Phi) is 3.85. The van der Waals surface area contributed by atoms with Crippen LogP contribution in [0, 0.1) is 0 Å². The summed E-state index contributed by atoms with van der Waals surface area (Å²) in [5, 5.41) is 8.66. The van der Waals surface area contributed by atoms with Crippen molar-refractivity contribution < 1.29 is 17.7 Å². The molecule has 5 heteroatoms. The molecule has 1 N–H and O–H groups in total. The third-order valence-electron chi connectivity index (χ3n) is 0.743. The molecule has 0 aromatic rings. The Morgan fingerprint density at radius 3 is 2.40 bits per heavy atom. The van der Waals surface area contributed by atoms with Crippen molar-refractivity contribution >= 4 is 10.1 Å². The Morgan fingerprint density at radius 1 is 1.60 bits per heavy atom. The zero-order valence-corrected chi connectivity index (χ0v) is 6.89. The number of hydrogen-bond acceptors (Lipinski definition) is 4. The fourth-order valence-electron chi connectivity index (χ4n) is 0.523. The van der Waals surface area contributed by atoms with E-state index in [0.717, 1.165) is 0 Å². The molecule has 1 unspecified atom stereocenters. The molecule has 1 atom stereocenters. The fraction of sp³-hybridized carbons (Fsp3) is 1.00. The highest BCUT2D eigenvalue weighted by Crippen LogP contribution is 1.95. The van der Waals surface area contributed by atoms with Crippen LogP contribution in [0.25, 0.3) is 0 Å². The van der Waals surface area contributed by atoms with Crippen LogP contribution in [0.1, 0.15) is 13.8 Å². The predicted molar refractivity (Wildman–Crippen MR) is 37.1 cm³/mol. The first-order chi connectivity index (χ1) is 4.48. The van der Waals surface area contributed by atoms with Crippen LogP contribution < -0.4 is 0 Å². The molecular formula is C5H12O4S. The van der Waals surface area contributed by atoms with Crippen molar-refractivity contribution in [2.45, 2.75) is 20.0 Å². The average molecular weight is 168 g/mol. The summed E-state index contributed by atoms with van der Waals surface area (Å²) < 4.78 is 25.7. The molecule has 0 bridgehead atoms. The third-order valence-corrected chi connectivity index (χ3v) is 2.23. The topological polar surface area (TPSA) is 63.6 Å². The van der Waals surface area contributed by atoms with E-state index < -0.39 is 16.2 Å². The van der Waals surface area contributed by atoms with E-state index in [1.165, 1.54) is 6.92 Å². The lowest BCUT2D eigenvalue weighted by molar-refractivity contribution is 0.211. The molecule has 0 aliphatic heterocycles. The monoisotopic (exact) mass is 168 g/mol. The van der Waals surface area contributed by atoms with E-state index in [2.05, 4.69) is 4.18 Å². The van der Waals surface area contributed by atoms with Crippen molar-refractivity contribution in [1.82, 2.24) is 0 Å². The summed E-state index contributed by atoms with van der Waals surface area (Å²) in [4.78, 5) is 0. The minimum absolute atomic E-state index is 0.120. The number of rotatable bonds is 4. The Labute approximate surface area is 60.9 Å². The van der Waals surface area contributed by atoms with Crippen LogP contribution in [0.15, 0.2) is 0 Å². The van der Waals surface area contributed by atoms with Gasteiger partial charge in [0.1, 0.15) is 5.75 Å². The summed E-state index contributed by atoms with van der Waals surface area (Å²) in [7, 11) is -3.48. The van der Waals surface area contributed by atoms with Gasteiger partial charge >= 0.3 is 0 Å². The summed E-state index contributed by atoms with van der Waals surface area (Å²) >= 11 is 0. The van der Waals surface area contributed by atoms with Crippen molar-refractivity contribution in [2.75, 3.05) is 12.4 Å². The second-order valence-corrected chi connectivity index (χ2v) is 3.66. The van der Waals surface area contributed by atoms with Gasteiger partial charge in [-0.15, -0.1) is 0 Å². The van der Waals surface area contributed by atoms with E-state index in [4.69, 9.17) is 5.11 Å². The maximum Gasteiger partial charge on any atom is 0.269 e. The lowest BCUT2D eigenvalue weighted by atomic mass is 10.5. The van der Waals surface area contributed by atoms with E-state index in [1.807, 2.05) is 0 Å². The molecule has 0 saturated heterocycles. The molecule has 0 aromatic carbocycles. The lowest BCUT2D eigenvalue weighted by Gasteiger charge is -2.03. The highest BCUT2D eigenvalue weighted by Gasteiger charge is 2.12. The first kappa shape index (κ1) is 9.87. The first-order valence-electron chi connectivity index (χ1n) is 3.03. The number of aliphatic hydroxyl groups is 1. The van der Waals surface area contributed by atoms with Gasteiger partial charge in [-0.3, -0.25) is 4.18 Å². The molecule has 0 saturated carbocycles. The van der Waals surface area contributed by atoms with Crippen molar-refractivity contribution in [2.24, 2.45) is 0 Å². The second kappa shape index (κ2) is 3.90. The molecule has 0 radical (unpaired) electrons. The van der Waals surface area contributed by atoms with E-state index in [9.17, 15) is 8.42 Å². The molecule has 0 aromatic heterocycles. The zero-order chi connectivity index (χ0) is 8.20. The van der Waals surface area contributed by atoms with Crippen LogP contribution in [0.3, 0.4) is 0 Å². The van der Waals surface area contributed by atoms with Crippen molar-refractivity contribution in [1.29, 1.82) is 0 Å². The van der Waals surface area contributed by atoms with E-state index in [-0.39, 0.29) is 12.4 Å². The summed E-state index contributed by atoms with van der Waals surface area (Å²) in [5.74, 6) is -0.332. The Hall–Kier alpha value is -0.130. The molecule has 0 heterocycles. The Balaban J connectivity index is 3.89. The molecule has 4 nitrogen and oxygen atoms in total. The van der Waals surface area contributed by atoms with Crippen LogP contribution in [0.5, 0.6) is 0 Å². The average Bonchev–Trinajstić information content (AvgIpc) is 1.59. The number of hydrogen-bond donors (Lipinski definition) is 1. The highest BCUT2D eigenvalue weighted by molar-refractivity contribution is 7.86. The van der Waals surface area contributed by atoms with Gasteiger partial charge in [-0.1, -0.05) is 0 Å². The molecule has 0 aliphatic carbocycles. The van der Waals surface area contributed by atoms with E-state index in [1.54, 1.807) is 6.92 Å². The molecule has 0 amide bonds. The fourth-order valence-corrected chi connectivity index (χ4v) is 1.57. The SMILES string of the molecule is CCOS(=O)(=O)CC(C)O. The van der Waals surface area contributed by atoms with Crippen LogP contribution >= 0.6 is 0 Å². The van der Waals surface area contributed by atoms with Gasteiger partial charge in [-0.05, 0) is 13.8 Å². The van der Waals surface area contributed by atoms with Gasteiger partial charge in [0.2, 0.25) is 0 Å². The summed E-state index contributed by atoms with van der Waals surface area (Å²) in [6, 6.07) is 0. The van der Waals surface area contributed by atoms with Gasteiger partial charge in [0.25, 0.3) is 10.1 Å². The molecule has 0 rings (SSSR count). The normalized spacial score (nSPS) is 15.1. The van der Waals surface area contributed by atoms with Crippen LogP contribution in [-0.2, 0) is 14.3 Å². The van der Waals surface area contributed by atoms with Crippen LogP contribution in [0.4, 0.5) is 0 Å². The summed E-state index contributed by atoms with van der Waals surface area (Å²) in [5.41, 5.74) is 0. The minimum Gasteiger partial charge on any atom is -0.392 e. The van der Waals surface area contributed by atoms with E-state index >= 15 is 0 Å². The lowest BCUT2D eigenvalue weighted by Crippen LogP contribution is -2.19. The first-order valence-corrected chi connectivity index (χ1v) is 4.61. The number of aliphatic hydroxyl groups excluding tert-OH is 1.